The van der Waals surface area contributed by atoms with Crippen LogP contribution in [0.25, 0.3) is 0 Å². The van der Waals surface area contributed by atoms with E-state index in [1.54, 1.807) is 0 Å². The Labute approximate surface area is 110 Å². The largest absolute Gasteiger partial charge is 0.317 e. The summed E-state index contributed by atoms with van der Waals surface area (Å²) >= 11 is 0. The van der Waals surface area contributed by atoms with E-state index in [0.717, 1.165) is 19.0 Å². The molecule has 1 aromatic rings. The van der Waals surface area contributed by atoms with Gasteiger partial charge in [-0.15, -0.1) is 0 Å². The van der Waals surface area contributed by atoms with Crippen LogP contribution in [-0.2, 0) is 5.41 Å². The molecule has 3 nitrogen and oxygen atoms in total. The van der Waals surface area contributed by atoms with Gasteiger partial charge in [-0.1, -0.05) is 13.8 Å². The number of rotatable bonds is 5. The second kappa shape index (κ2) is 6.30. The lowest BCUT2D eigenvalue weighted by atomic mass is 9.85. The van der Waals surface area contributed by atoms with Gasteiger partial charge in [0.15, 0.2) is 0 Å². The van der Waals surface area contributed by atoms with E-state index in [0.29, 0.717) is 0 Å². The number of aromatic nitrogens is 1. The van der Waals surface area contributed by atoms with Gasteiger partial charge < -0.3 is 10.6 Å². The SMILES string of the molecule is CC(C)(CNCC1CCNCC1)c1ccncc1. The van der Waals surface area contributed by atoms with E-state index < -0.39 is 0 Å². The van der Waals surface area contributed by atoms with Gasteiger partial charge in [0.1, 0.15) is 0 Å². The fourth-order valence-corrected chi connectivity index (χ4v) is 2.58. The number of nitrogens with zero attached hydrogens (tertiary/aromatic N) is 1. The summed E-state index contributed by atoms with van der Waals surface area (Å²) in [5.41, 5.74) is 1.53. The van der Waals surface area contributed by atoms with Crippen LogP contribution < -0.4 is 10.6 Å². The molecule has 2 N–H and O–H groups in total. The number of hydrogen-bond donors (Lipinski definition) is 2. The third-order valence-electron chi connectivity index (χ3n) is 3.92. The monoisotopic (exact) mass is 247 g/mol. The predicted molar refractivity (Wildman–Crippen MR) is 75.7 cm³/mol. The minimum atomic E-state index is 0.176. The Kier molecular flexibility index (Phi) is 4.72. The molecule has 18 heavy (non-hydrogen) atoms. The minimum absolute atomic E-state index is 0.176. The maximum Gasteiger partial charge on any atom is 0.0270 e. The molecule has 0 spiro atoms. The Morgan fingerprint density at radius 2 is 1.94 bits per heavy atom. The molecule has 1 fully saturated rings. The van der Waals surface area contributed by atoms with Crippen LogP contribution >= 0.6 is 0 Å². The lowest BCUT2D eigenvalue weighted by molar-refractivity contribution is 0.342. The highest BCUT2D eigenvalue weighted by Gasteiger charge is 2.21. The Hall–Kier alpha value is -0.930. The van der Waals surface area contributed by atoms with E-state index in [2.05, 4.69) is 41.6 Å². The maximum absolute atomic E-state index is 4.09. The predicted octanol–water partition coefficient (Wildman–Crippen LogP) is 1.95. The smallest absolute Gasteiger partial charge is 0.0270 e. The summed E-state index contributed by atoms with van der Waals surface area (Å²) in [5.74, 6) is 0.847. The van der Waals surface area contributed by atoms with Crippen molar-refractivity contribution in [3.63, 3.8) is 0 Å². The van der Waals surface area contributed by atoms with Crippen LogP contribution in [0.15, 0.2) is 24.5 Å². The third kappa shape index (κ3) is 3.79. The van der Waals surface area contributed by atoms with E-state index in [1.807, 2.05) is 12.4 Å². The second-order valence-corrected chi connectivity index (χ2v) is 5.94. The third-order valence-corrected chi connectivity index (χ3v) is 3.92. The van der Waals surface area contributed by atoms with E-state index in [1.165, 1.54) is 31.5 Å². The summed E-state index contributed by atoms with van der Waals surface area (Å²) in [4.78, 5) is 4.09. The summed E-state index contributed by atoms with van der Waals surface area (Å²) in [7, 11) is 0. The average Bonchev–Trinajstić information content (AvgIpc) is 2.41. The topological polar surface area (TPSA) is 37.0 Å². The van der Waals surface area contributed by atoms with Crippen LogP contribution in [0.4, 0.5) is 0 Å². The van der Waals surface area contributed by atoms with Crippen LogP contribution in [0, 0.1) is 5.92 Å². The lowest BCUT2D eigenvalue weighted by Gasteiger charge is -2.28. The van der Waals surface area contributed by atoms with Crippen molar-refractivity contribution in [1.82, 2.24) is 15.6 Å². The molecular weight excluding hydrogens is 222 g/mol. The highest BCUT2D eigenvalue weighted by atomic mass is 14.9. The first kappa shape index (κ1) is 13.5. The molecule has 0 radical (unpaired) electrons. The highest BCUT2D eigenvalue weighted by molar-refractivity contribution is 5.20. The van der Waals surface area contributed by atoms with E-state index >= 15 is 0 Å². The summed E-state index contributed by atoms with van der Waals surface area (Å²) in [6.07, 6.45) is 6.37. The molecule has 1 saturated heterocycles. The number of nitrogens with one attached hydrogen (secondary N) is 2. The van der Waals surface area contributed by atoms with Gasteiger partial charge in [0.2, 0.25) is 0 Å². The fraction of sp³-hybridized carbons (Fsp3) is 0.667. The molecule has 0 saturated carbocycles. The van der Waals surface area contributed by atoms with Gasteiger partial charge in [-0.3, -0.25) is 4.98 Å². The van der Waals surface area contributed by atoms with Crippen LogP contribution in [0.5, 0.6) is 0 Å². The first-order chi connectivity index (χ1) is 8.68. The molecule has 1 aliphatic rings. The molecule has 0 unspecified atom stereocenters. The zero-order chi connectivity index (χ0) is 12.8. The van der Waals surface area contributed by atoms with Gasteiger partial charge in [0.25, 0.3) is 0 Å². The summed E-state index contributed by atoms with van der Waals surface area (Å²) in [5, 5.41) is 7.06. The maximum atomic E-state index is 4.09. The first-order valence-electron chi connectivity index (χ1n) is 7.00. The molecule has 0 aliphatic carbocycles. The van der Waals surface area contributed by atoms with Crippen molar-refractivity contribution in [2.75, 3.05) is 26.2 Å². The van der Waals surface area contributed by atoms with Crippen LogP contribution in [0.1, 0.15) is 32.3 Å². The lowest BCUT2D eigenvalue weighted by Crippen LogP contribution is -2.38. The fourth-order valence-electron chi connectivity index (χ4n) is 2.58. The van der Waals surface area contributed by atoms with Gasteiger partial charge in [0.05, 0.1) is 0 Å². The average molecular weight is 247 g/mol. The zero-order valence-electron chi connectivity index (χ0n) is 11.6. The van der Waals surface area contributed by atoms with E-state index in [9.17, 15) is 0 Å². The number of hydrogen-bond acceptors (Lipinski definition) is 3. The van der Waals surface area contributed by atoms with Crippen molar-refractivity contribution < 1.29 is 0 Å². The minimum Gasteiger partial charge on any atom is -0.317 e. The van der Waals surface area contributed by atoms with Crippen LogP contribution in [0.2, 0.25) is 0 Å². The van der Waals surface area contributed by atoms with E-state index in [-0.39, 0.29) is 5.41 Å². The highest BCUT2D eigenvalue weighted by Crippen LogP contribution is 2.21. The standard InChI is InChI=1S/C15H25N3/c1-15(2,14-5-9-17-10-6-14)12-18-11-13-3-7-16-8-4-13/h5-6,9-10,13,16,18H,3-4,7-8,11-12H2,1-2H3. The number of piperidine rings is 1. The number of pyridine rings is 1. The molecule has 100 valence electrons. The van der Waals surface area contributed by atoms with Crippen molar-refractivity contribution in [3.8, 4) is 0 Å². The first-order valence-corrected chi connectivity index (χ1v) is 7.00. The quantitative estimate of drug-likeness (QED) is 0.835. The van der Waals surface area contributed by atoms with Crippen molar-refractivity contribution in [1.29, 1.82) is 0 Å². The van der Waals surface area contributed by atoms with Crippen molar-refractivity contribution in [2.45, 2.75) is 32.1 Å². The normalized spacial score (nSPS) is 17.9. The summed E-state index contributed by atoms with van der Waals surface area (Å²) in [6, 6.07) is 4.23. The van der Waals surface area contributed by atoms with Crippen molar-refractivity contribution in [2.24, 2.45) is 5.92 Å². The van der Waals surface area contributed by atoms with Crippen LogP contribution in [-0.4, -0.2) is 31.2 Å². The van der Waals surface area contributed by atoms with Gasteiger partial charge in [-0.2, -0.15) is 0 Å². The molecule has 0 amide bonds. The Morgan fingerprint density at radius 1 is 1.28 bits per heavy atom. The van der Waals surface area contributed by atoms with Crippen molar-refractivity contribution in [3.05, 3.63) is 30.1 Å². The Morgan fingerprint density at radius 3 is 2.61 bits per heavy atom. The molecule has 1 aliphatic heterocycles. The zero-order valence-corrected chi connectivity index (χ0v) is 11.6. The Bertz CT molecular complexity index is 342. The van der Waals surface area contributed by atoms with Crippen molar-refractivity contribution >= 4 is 0 Å². The molecule has 2 heterocycles. The van der Waals surface area contributed by atoms with Gasteiger partial charge >= 0.3 is 0 Å². The molecule has 0 bridgehead atoms. The molecule has 0 aromatic carbocycles. The van der Waals surface area contributed by atoms with E-state index in [4.69, 9.17) is 0 Å². The second-order valence-electron chi connectivity index (χ2n) is 5.94. The summed E-state index contributed by atoms with van der Waals surface area (Å²) < 4.78 is 0. The molecule has 0 atom stereocenters. The molecule has 1 aromatic heterocycles. The van der Waals surface area contributed by atoms with Crippen LogP contribution in [0.3, 0.4) is 0 Å². The molecule has 2 rings (SSSR count). The van der Waals surface area contributed by atoms with Gasteiger partial charge in [0, 0.05) is 24.4 Å². The van der Waals surface area contributed by atoms with Gasteiger partial charge in [-0.25, -0.2) is 0 Å². The van der Waals surface area contributed by atoms with Gasteiger partial charge in [-0.05, 0) is 56.1 Å². The molecular formula is C15H25N3. The molecule has 3 heteroatoms. The Balaban J connectivity index is 1.78. The summed E-state index contributed by atoms with van der Waals surface area (Å²) in [6.45, 7) is 9.12.